The standard InChI is InChI=1S/C19H24ClN3O3/c1-12-16(13(2)20)10-23(3)11-17(12)14-4-6-15(7-5-14)22-19(26)21-9-8-18(24)25/h4-7,17H,1,8-11H2,2-3H3,(H,24,25)(H2,21,22,26)/b16-13+. The molecule has 1 aliphatic heterocycles. The number of piperidine rings is 1. The lowest BCUT2D eigenvalue weighted by molar-refractivity contribution is -0.136. The molecule has 6 nitrogen and oxygen atoms in total. The molecule has 0 aromatic heterocycles. The maximum Gasteiger partial charge on any atom is 0.319 e. The van der Waals surface area contributed by atoms with Crippen molar-refractivity contribution in [2.45, 2.75) is 19.3 Å². The number of benzene rings is 1. The van der Waals surface area contributed by atoms with E-state index in [0.717, 1.165) is 34.8 Å². The number of aliphatic carboxylic acids is 1. The van der Waals surface area contributed by atoms with E-state index in [0.29, 0.717) is 5.69 Å². The Balaban J connectivity index is 2.02. The van der Waals surface area contributed by atoms with Crippen molar-refractivity contribution in [1.82, 2.24) is 10.2 Å². The number of rotatable bonds is 5. The largest absolute Gasteiger partial charge is 0.481 e. The van der Waals surface area contributed by atoms with Gasteiger partial charge in [0.25, 0.3) is 0 Å². The normalized spacial score (nSPS) is 19.8. The summed E-state index contributed by atoms with van der Waals surface area (Å²) in [6.45, 7) is 7.85. The van der Waals surface area contributed by atoms with Gasteiger partial charge in [-0.1, -0.05) is 30.3 Å². The number of allylic oxidation sites excluding steroid dienone is 1. The average molecular weight is 378 g/mol. The smallest absolute Gasteiger partial charge is 0.319 e. The van der Waals surface area contributed by atoms with Crippen LogP contribution in [0.3, 0.4) is 0 Å². The van der Waals surface area contributed by atoms with Crippen molar-refractivity contribution in [2.75, 3.05) is 32.0 Å². The molecular formula is C19H24ClN3O3. The topological polar surface area (TPSA) is 81.7 Å². The fraction of sp³-hybridized carbons (Fsp3) is 0.368. The minimum Gasteiger partial charge on any atom is -0.481 e. The number of carboxylic acids is 1. The van der Waals surface area contributed by atoms with E-state index in [1.54, 1.807) is 0 Å². The predicted octanol–water partition coefficient (Wildman–Crippen LogP) is 3.38. The van der Waals surface area contributed by atoms with Crippen LogP contribution < -0.4 is 10.6 Å². The number of urea groups is 1. The molecule has 1 heterocycles. The molecular weight excluding hydrogens is 354 g/mol. The Bertz CT molecular complexity index is 724. The number of carboxylic acid groups (broad SMARTS) is 1. The van der Waals surface area contributed by atoms with Crippen LogP contribution in [0.4, 0.5) is 10.5 Å². The number of carbonyl (C=O) groups is 2. The van der Waals surface area contributed by atoms with Crippen LogP contribution in [0.5, 0.6) is 0 Å². The first-order valence-electron chi connectivity index (χ1n) is 8.37. The zero-order valence-corrected chi connectivity index (χ0v) is 15.8. The molecule has 0 saturated carbocycles. The molecule has 1 saturated heterocycles. The van der Waals surface area contributed by atoms with E-state index < -0.39 is 12.0 Å². The summed E-state index contributed by atoms with van der Waals surface area (Å²) in [5, 5.41) is 14.5. The molecule has 26 heavy (non-hydrogen) atoms. The number of carbonyl (C=O) groups excluding carboxylic acids is 1. The van der Waals surface area contributed by atoms with Crippen molar-refractivity contribution in [3.8, 4) is 0 Å². The number of likely N-dealkylation sites (N-methyl/N-ethyl adjacent to an activating group) is 1. The highest BCUT2D eigenvalue weighted by atomic mass is 35.5. The number of likely N-dealkylation sites (tertiary alicyclic amines) is 1. The first-order chi connectivity index (χ1) is 12.3. The van der Waals surface area contributed by atoms with Crippen LogP contribution in [0.25, 0.3) is 0 Å². The van der Waals surface area contributed by atoms with Gasteiger partial charge in [0.15, 0.2) is 0 Å². The summed E-state index contributed by atoms with van der Waals surface area (Å²) < 4.78 is 0. The average Bonchev–Trinajstić information content (AvgIpc) is 2.57. The minimum absolute atomic E-state index is 0.0837. The number of halogens is 1. The van der Waals surface area contributed by atoms with Gasteiger partial charge < -0.3 is 20.6 Å². The summed E-state index contributed by atoms with van der Waals surface area (Å²) in [5.74, 6) is -0.802. The lowest BCUT2D eigenvalue weighted by Crippen LogP contribution is -2.34. The van der Waals surface area contributed by atoms with Crippen LogP contribution in [0, 0.1) is 0 Å². The van der Waals surface area contributed by atoms with Crippen molar-refractivity contribution in [3.63, 3.8) is 0 Å². The van der Waals surface area contributed by atoms with E-state index in [2.05, 4.69) is 29.2 Å². The molecule has 1 fully saturated rings. The van der Waals surface area contributed by atoms with Crippen LogP contribution in [0.1, 0.15) is 24.8 Å². The number of nitrogens with one attached hydrogen (secondary N) is 2. The van der Waals surface area contributed by atoms with Gasteiger partial charge in [-0.2, -0.15) is 0 Å². The highest BCUT2D eigenvalue weighted by Crippen LogP contribution is 2.36. The Kier molecular flexibility index (Phi) is 6.83. The molecule has 0 aliphatic carbocycles. The fourth-order valence-electron chi connectivity index (χ4n) is 2.96. The maximum atomic E-state index is 11.7. The summed E-state index contributed by atoms with van der Waals surface area (Å²) in [7, 11) is 2.05. The van der Waals surface area contributed by atoms with E-state index in [1.165, 1.54) is 0 Å². The number of hydrogen-bond acceptors (Lipinski definition) is 3. The SMILES string of the molecule is C=C1/C(=C(\C)Cl)CN(C)CC1c1ccc(NC(=O)NCCC(=O)O)cc1. The first-order valence-corrected chi connectivity index (χ1v) is 8.75. The second-order valence-electron chi connectivity index (χ2n) is 6.43. The predicted molar refractivity (Wildman–Crippen MR) is 104 cm³/mol. The van der Waals surface area contributed by atoms with Gasteiger partial charge in [0, 0.05) is 36.3 Å². The van der Waals surface area contributed by atoms with Crippen LogP contribution in [-0.2, 0) is 4.79 Å². The van der Waals surface area contributed by atoms with Crippen LogP contribution in [-0.4, -0.2) is 48.7 Å². The van der Waals surface area contributed by atoms with E-state index in [-0.39, 0.29) is 18.9 Å². The molecule has 0 radical (unpaired) electrons. The lowest BCUT2D eigenvalue weighted by Gasteiger charge is -2.34. The first kappa shape index (κ1) is 20.0. The summed E-state index contributed by atoms with van der Waals surface area (Å²) in [4.78, 5) is 24.4. The summed E-state index contributed by atoms with van der Waals surface area (Å²) in [6.07, 6.45) is -0.112. The van der Waals surface area contributed by atoms with E-state index in [9.17, 15) is 9.59 Å². The molecule has 0 bridgehead atoms. The zero-order valence-electron chi connectivity index (χ0n) is 15.0. The number of amides is 2. The molecule has 1 aromatic carbocycles. The van der Waals surface area contributed by atoms with Gasteiger partial charge in [-0.3, -0.25) is 4.79 Å². The summed E-state index contributed by atoms with van der Waals surface area (Å²) in [5.41, 5.74) is 3.85. The van der Waals surface area contributed by atoms with E-state index >= 15 is 0 Å². The second kappa shape index (κ2) is 8.87. The van der Waals surface area contributed by atoms with Crippen molar-refractivity contribution in [1.29, 1.82) is 0 Å². The number of nitrogens with zero attached hydrogens (tertiary/aromatic N) is 1. The van der Waals surface area contributed by atoms with Crippen LogP contribution in [0.2, 0.25) is 0 Å². The van der Waals surface area contributed by atoms with Gasteiger partial charge in [0.05, 0.1) is 6.42 Å². The van der Waals surface area contributed by atoms with Gasteiger partial charge in [0.1, 0.15) is 0 Å². The van der Waals surface area contributed by atoms with Gasteiger partial charge in [0.2, 0.25) is 0 Å². The van der Waals surface area contributed by atoms with Gasteiger partial charge in [-0.25, -0.2) is 4.79 Å². The molecule has 1 atom stereocenters. The van der Waals surface area contributed by atoms with Crippen molar-refractivity contribution >= 4 is 29.3 Å². The third-order valence-corrected chi connectivity index (χ3v) is 4.57. The Labute approximate surface area is 158 Å². The van der Waals surface area contributed by atoms with E-state index in [4.69, 9.17) is 16.7 Å². The Morgan fingerprint density at radius 1 is 1.35 bits per heavy atom. The van der Waals surface area contributed by atoms with Crippen LogP contribution in [0.15, 0.2) is 47.0 Å². The highest BCUT2D eigenvalue weighted by molar-refractivity contribution is 6.29. The zero-order chi connectivity index (χ0) is 19.3. The maximum absolute atomic E-state index is 11.7. The number of hydrogen-bond donors (Lipinski definition) is 3. The monoisotopic (exact) mass is 377 g/mol. The third kappa shape index (κ3) is 5.34. The Morgan fingerprint density at radius 3 is 2.58 bits per heavy atom. The van der Waals surface area contributed by atoms with Crippen molar-refractivity contribution in [2.24, 2.45) is 0 Å². The Hall–Kier alpha value is -2.31. The summed E-state index contributed by atoms with van der Waals surface area (Å²) >= 11 is 6.21. The molecule has 1 unspecified atom stereocenters. The van der Waals surface area contributed by atoms with Crippen molar-refractivity contribution < 1.29 is 14.7 Å². The van der Waals surface area contributed by atoms with E-state index in [1.807, 2.05) is 31.2 Å². The molecule has 1 aliphatic rings. The molecule has 0 spiro atoms. The van der Waals surface area contributed by atoms with Crippen molar-refractivity contribution in [3.05, 3.63) is 52.6 Å². The molecule has 1 aromatic rings. The molecule has 7 heteroatoms. The molecule has 3 N–H and O–H groups in total. The molecule has 140 valence electrons. The number of anilines is 1. The van der Waals surface area contributed by atoms with Gasteiger partial charge in [-0.15, -0.1) is 0 Å². The van der Waals surface area contributed by atoms with Gasteiger partial charge >= 0.3 is 12.0 Å². The summed E-state index contributed by atoms with van der Waals surface area (Å²) in [6, 6.07) is 7.14. The quantitative estimate of drug-likeness (QED) is 0.734. The molecule has 2 amide bonds. The fourth-order valence-corrected chi connectivity index (χ4v) is 3.14. The Morgan fingerprint density at radius 2 is 2.00 bits per heavy atom. The third-order valence-electron chi connectivity index (χ3n) is 4.34. The van der Waals surface area contributed by atoms with Gasteiger partial charge in [-0.05, 0) is 42.8 Å². The second-order valence-corrected chi connectivity index (χ2v) is 7.00. The minimum atomic E-state index is -0.951. The highest BCUT2D eigenvalue weighted by Gasteiger charge is 2.26. The lowest BCUT2D eigenvalue weighted by atomic mass is 9.84. The molecule has 2 rings (SSSR count). The van der Waals surface area contributed by atoms with Crippen LogP contribution >= 0.6 is 11.6 Å².